The van der Waals surface area contributed by atoms with Crippen molar-refractivity contribution in [2.75, 3.05) is 0 Å². The second-order valence-electron chi connectivity index (χ2n) is 14.0. The van der Waals surface area contributed by atoms with Crippen LogP contribution in [0.4, 0.5) is 4.79 Å². The Labute approximate surface area is 224 Å². The van der Waals surface area contributed by atoms with Gasteiger partial charge in [0.1, 0.15) is 6.33 Å². The minimum absolute atomic E-state index is 0.0923. The van der Waals surface area contributed by atoms with Crippen LogP contribution in [0.1, 0.15) is 112 Å². The predicted molar refractivity (Wildman–Crippen MR) is 149 cm³/mol. The van der Waals surface area contributed by atoms with Crippen LogP contribution in [0.15, 0.2) is 18.7 Å². The van der Waals surface area contributed by atoms with Gasteiger partial charge in [0.05, 0.1) is 18.1 Å². The summed E-state index contributed by atoms with van der Waals surface area (Å²) in [6.07, 6.45) is 21.4. The summed E-state index contributed by atoms with van der Waals surface area (Å²) in [7, 11) is 0. The van der Waals surface area contributed by atoms with Crippen molar-refractivity contribution < 1.29 is 8.98 Å². The third-order valence-corrected chi connectivity index (χ3v) is 12.5. The molecule has 0 aromatic carbocycles. The third kappa shape index (κ3) is 4.97. The van der Waals surface area contributed by atoms with Gasteiger partial charge in [-0.1, -0.05) is 53.9 Å². The van der Waals surface area contributed by atoms with E-state index in [2.05, 4.69) is 39.6 Å². The molecule has 0 aliphatic heterocycles. The number of nitrogens with zero attached hydrogens (tertiary/aromatic N) is 2. The number of carbonyl (C=O) groups is 1. The second-order valence-corrected chi connectivity index (χ2v) is 14.7. The first-order valence-corrected chi connectivity index (χ1v) is 15.8. The van der Waals surface area contributed by atoms with Crippen LogP contribution in [0.25, 0.3) is 0 Å². The normalized spacial score (nSPS) is 40.9. The Morgan fingerprint density at radius 1 is 1.03 bits per heavy atom. The maximum atomic E-state index is 12.3. The van der Waals surface area contributed by atoms with Crippen LogP contribution in [0.3, 0.4) is 0 Å². The molecule has 4 fully saturated rings. The maximum Gasteiger partial charge on any atom is 0.318 e. The summed E-state index contributed by atoms with van der Waals surface area (Å²) in [5.74, 6) is 6.19. The Morgan fingerprint density at radius 2 is 1.81 bits per heavy atom. The van der Waals surface area contributed by atoms with Gasteiger partial charge in [-0.3, -0.25) is 9.36 Å². The van der Waals surface area contributed by atoms with Crippen molar-refractivity contribution in [1.82, 2.24) is 9.55 Å². The summed E-state index contributed by atoms with van der Waals surface area (Å²) in [6, 6.07) is 0. The lowest BCUT2D eigenvalue weighted by Crippen LogP contribution is -2.54. The molecule has 0 bridgehead atoms. The van der Waals surface area contributed by atoms with E-state index in [1.807, 2.05) is 0 Å². The summed E-state index contributed by atoms with van der Waals surface area (Å²) < 4.78 is 7.59. The second kappa shape index (κ2) is 10.8. The highest BCUT2D eigenvalue weighted by atomic mass is 32.2. The predicted octanol–water partition coefficient (Wildman–Crippen LogP) is 9.01. The van der Waals surface area contributed by atoms with E-state index in [-0.39, 0.29) is 11.3 Å². The number of rotatable bonds is 7. The highest BCUT2D eigenvalue weighted by Gasteiger charge is 2.60. The third-order valence-electron chi connectivity index (χ3n) is 11.8. The Hall–Kier alpha value is -0.810. The van der Waals surface area contributed by atoms with Crippen molar-refractivity contribution in [3.05, 3.63) is 18.7 Å². The van der Waals surface area contributed by atoms with Crippen LogP contribution in [0.2, 0.25) is 0 Å². The molecule has 5 heteroatoms. The molecule has 2 unspecified atom stereocenters. The van der Waals surface area contributed by atoms with E-state index in [0.717, 1.165) is 66.3 Å². The fourth-order valence-electron chi connectivity index (χ4n) is 9.85. The molecule has 0 radical (unpaired) electrons. The molecule has 36 heavy (non-hydrogen) atoms. The van der Waals surface area contributed by atoms with Gasteiger partial charge in [0, 0.05) is 12.4 Å². The Balaban J connectivity index is 1.19. The van der Waals surface area contributed by atoms with Crippen molar-refractivity contribution >= 4 is 17.3 Å². The van der Waals surface area contributed by atoms with E-state index >= 15 is 0 Å². The molecule has 4 saturated carbocycles. The summed E-state index contributed by atoms with van der Waals surface area (Å²) in [4.78, 5) is 16.3. The van der Waals surface area contributed by atoms with E-state index in [1.54, 1.807) is 18.7 Å². The average Bonchev–Trinajstić information content (AvgIpc) is 3.50. The van der Waals surface area contributed by atoms with Gasteiger partial charge < -0.3 is 4.18 Å². The molecule has 1 aromatic heterocycles. The first-order chi connectivity index (χ1) is 17.2. The van der Waals surface area contributed by atoms with E-state index < -0.39 is 0 Å². The first kappa shape index (κ1) is 26.8. The molecule has 5 rings (SSSR count). The first-order valence-electron chi connectivity index (χ1n) is 15.1. The molecule has 0 N–H and O–H groups in total. The minimum atomic E-state index is -0.0923. The molecule has 9 atom stereocenters. The molecule has 0 spiro atoms. The van der Waals surface area contributed by atoms with Crippen molar-refractivity contribution in [2.24, 2.45) is 52.3 Å². The van der Waals surface area contributed by atoms with Crippen LogP contribution in [-0.2, 0) is 4.18 Å². The van der Waals surface area contributed by atoms with Gasteiger partial charge in [0.25, 0.3) is 0 Å². The molecule has 0 saturated heterocycles. The van der Waals surface area contributed by atoms with Crippen LogP contribution < -0.4 is 0 Å². The Morgan fingerprint density at radius 3 is 2.56 bits per heavy atom. The average molecular weight is 515 g/mol. The van der Waals surface area contributed by atoms with Gasteiger partial charge in [0.2, 0.25) is 0 Å². The number of imidazole rings is 1. The van der Waals surface area contributed by atoms with E-state index in [1.165, 1.54) is 68.8 Å². The van der Waals surface area contributed by atoms with Gasteiger partial charge >= 0.3 is 5.24 Å². The fourth-order valence-corrected chi connectivity index (χ4v) is 10.4. The lowest BCUT2D eigenvalue weighted by atomic mass is 9.44. The molecule has 4 aliphatic rings. The zero-order valence-electron chi connectivity index (χ0n) is 23.5. The van der Waals surface area contributed by atoms with Crippen molar-refractivity contribution in [3.63, 3.8) is 0 Å². The van der Waals surface area contributed by atoms with Crippen molar-refractivity contribution in [2.45, 2.75) is 118 Å². The SMILES string of the molecule is CC(C)CCC[C@@H](C)[C@H]1CC[C@H]2[C@@H]3CCC4CC(OSC(=O)n5ccnc5)CC[C@]4(C)[C@H]3CC[C@]12C. The number of hydrogen-bond donors (Lipinski definition) is 0. The molecular weight excluding hydrogens is 464 g/mol. The van der Waals surface area contributed by atoms with Gasteiger partial charge in [-0.15, -0.1) is 0 Å². The van der Waals surface area contributed by atoms with Gasteiger partial charge in [-0.2, -0.15) is 0 Å². The number of carbonyl (C=O) groups excluding carboxylic acids is 1. The van der Waals surface area contributed by atoms with E-state index in [0.29, 0.717) is 10.8 Å². The Bertz CT molecular complexity index is 887. The van der Waals surface area contributed by atoms with Crippen LogP contribution in [0, 0.1) is 52.3 Å². The van der Waals surface area contributed by atoms with E-state index in [9.17, 15) is 4.79 Å². The lowest BCUT2D eigenvalue weighted by Gasteiger charge is -2.61. The number of hydrogen-bond acceptors (Lipinski definition) is 4. The van der Waals surface area contributed by atoms with Crippen molar-refractivity contribution in [1.29, 1.82) is 0 Å². The zero-order valence-corrected chi connectivity index (χ0v) is 24.3. The summed E-state index contributed by atoms with van der Waals surface area (Å²) >= 11 is 1.01. The smallest absolute Gasteiger partial charge is 0.303 e. The molecule has 4 aliphatic carbocycles. The van der Waals surface area contributed by atoms with Crippen LogP contribution >= 0.6 is 12.0 Å². The van der Waals surface area contributed by atoms with Gasteiger partial charge in [-0.25, -0.2) is 4.98 Å². The monoisotopic (exact) mass is 514 g/mol. The topological polar surface area (TPSA) is 44.1 Å². The largest absolute Gasteiger partial charge is 0.318 e. The minimum Gasteiger partial charge on any atom is -0.303 e. The Kier molecular flexibility index (Phi) is 8.00. The molecular formula is C31H50N2O2S. The van der Waals surface area contributed by atoms with Crippen LogP contribution in [0.5, 0.6) is 0 Å². The van der Waals surface area contributed by atoms with E-state index in [4.69, 9.17) is 4.18 Å². The summed E-state index contributed by atoms with van der Waals surface area (Å²) in [5, 5.41) is -0.0923. The molecule has 4 nitrogen and oxygen atoms in total. The standard InChI is InChI=1S/C31H50N2O2S/c1-21(2)7-6-8-22(3)26-11-12-27-25-10-9-23-19-24(35-36-29(34)33-18-17-32-20-33)13-15-30(23,4)28(25)14-16-31(26,27)5/h17-18,20-28H,6-16,19H2,1-5H3/t22-,23?,24?,25+,26-,27+,28+,30+,31-/m1/s1. The lowest BCUT2D eigenvalue weighted by molar-refractivity contribution is -0.125. The highest BCUT2D eigenvalue weighted by molar-refractivity contribution is 8.09. The van der Waals surface area contributed by atoms with Crippen molar-refractivity contribution in [3.8, 4) is 0 Å². The molecule has 1 heterocycles. The fraction of sp³-hybridized carbons (Fsp3) is 0.871. The van der Waals surface area contributed by atoms with Crippen LogP contribution in [-0.4, -0.2) is 20.9 Å². The molecule has 1 aromatic rings. The number of aromatic nitrogens is 2. The van der Waals surface area contributed by atoms with Gasteiger partial charge in [0.15, 0.2) is 0 Å². The summed E-state index contributed by atoms with van der Waals surface area (Å²) in [6.45, 7) is 12.7. The molecule has 202 valence electrons. The summed E-state index contributed by atoms with van der Waals surface area (Å²) in [5.41, 5.74) is 1.04. The number of fused-ring (bicyclic) bond motifs is 5. The maximum absolute atomic E-state index is 12.3. The zero-order chi connectivity index (χ0) is 25.5. The molecule has 0 amide bonds. The quantitative estimate of drug-likeness (QED) is 0.340. The van der Waals surface area contributed by atoms with Gasteiger partial charge in [-0.05, 0) is 110 Å². The highest BCUT2D eigenvalue weighted by Crippen LogP contribution is 2.68.